The molecule has 7 heteroatoms. The van der Waals surface area contributed by atoms with Gasteiger partial charge in [0, 0.05) is 23.0 Å². The summed E-state index contributed by atoms with van der Waals surface area (Å²) in [7, 11) is 0. The highest BCUT2D eigenvalue weighted by atomic mass is 16.6. The molecule has 32 heavy (non-hydrogen) atoms. The van der Waals surface area contributed by atoms with Crippen molar-refractivity contribution < 1.29 is 24.2 Å². The topological polar surface area (TPSA) is 81.0 Å². The minimum atomic E-state index is -0.485. The fraction of sp³-hybridized carbons (Fsp3) is 0.520. The lowest BCUT2D eigenvalue weighted by Gasteiger charge is -2.53. The van der Waals surface area contributed by atoms with Crippen molar-refractivity contribution in [3.63, 3.8) is 0 Å². The predicted octanol–water partition coefficient (Wildman–Crippen LogP) is 3.05. The Labute approximate surface area is 187 Å². The van der Waals surface area contributed by atoms with Crippen LogP contribution < -0.4 is 0 Å². The number of piperidine rings is 1. The van der Waals surface area contributed by atoms with Crippen LogP contribution in [0.15, 0.2) is 30.3 Å². The summed E-state index contributed by atoms with van der Waals surface area (Å²) in [6.07, 6.45) is 6.24. The van der Waals surface area contributed by atoms with Gasteiger partial charge in [-0.05, 0) is 49.9 Å². The van der Waals surface area contributed by atoms with Gasteiger partial charge in [0.2, 0.25) is 0 Å². The van der Waals surface area contributed by atoms with E-state index in [1.54, 1.807) is 0 Å². The Kier molecular flexibility index (Phi) is 5.55. The smallest absolute Gasteiger partial charge is 0.355 e. The summed E-state index contributed by atoms with van der Waals surface area (Å²) in [6.45, 7) is 4.05. The van der Waals surface area contributed by atoms with E-state index in [0.29, 0.717) is 5.70 Å². The van der Waals surface area contributed by atoms with Gasteiger partial charge in [0.05, 0.1) is 24.6 Å². The highest BCUT2D eigenvalue weighted by Crippen LogP contribution is 2.57. The van der Waals surface area contributed by atoms with Crippen molar-refractivity contribution >= 4 is 28.5 Å². The summed E-state index contributed by atoms with van der Waals surface area (Å²) in [5, 5.41) is 9.98. The third kappa shape index (κ3) is 3.26. The molecule has 0 aliphatic carbocycles. The van der Waals surface area contributed by atoms with Crippen molar-refractivity contribution in [3.8, 4) is 0 Å². The zero-order valence-electron chi connectivity index (χ0n) is 18.5. The molecular weight excluding hydrogens is 408 g/mol. The number of ether oxygens (including phenoxy) is 2. The lowest BCUT2D eigenvalue weighted by Crippen LogP contribution is -2.51. The van der Waals surface area contributed by atoms with Crippen molar-refractivity contribution in [2.75, 3.05) is 32.9 Å². The molecule has 7 nitrogen and oxygen atoms in total. The Morgan fingerprint density at radius 3 is 2.84 bits per heavy atom. The number of aromatic nitrogens is 1. The van der Waals surface area contributed by atoms with Gasteiger partial charge >= 0.3 is 11.9 Å². The van der Waals surface area contributed by atoms with Crippen LogP contribution in [0.3, 0.4) is 0 Å². The van der Waals surface area contributed by atoms with Crippen LogP contribution in [0, 0.1) is 5.41 Å². The molecule has 0 saturated carbocycles. The van der Waals surface area contributed by atoms with Gasteiger partial charge < -0.3 is 19.1 Å². The molecule has 1 N–H and O–H groups in total. The van der Waals surface area contributed by atoms with E-state index in [4.69, 9.17) is 14.6 Å². The van der Waals surface area contributed by atoms with E-state index in [9.17, 15) is 9.59 Å². The first kappa shape index (κ1) is 21.2. The number of aliphatic hydroxyl groups is 1. The van der Waals surface area contributed by atoms with Crippen LogP contribution in [0.4, 0.5) is 0 Å². The fourth-order valence-corrected chi connectivity index (χ4v) is 5.96. The Balaban J connectivity index is 1.53. The van der Waals surface area contributed by atoms with Gasteiger partial charge in [0.25, 0.3) is 0 Å². The van der Waals surface area contributed by atoms with Gasteiger partial charge in [-0.3, -0.25) is 9.69 Å². The number of para-hydroxylation sites is 1. The van der Waals surface area contributed by atoms with Crippen molar-refractivity contribution in [2.24, 2.45) is 5.41 Å². The van der Waals surface area contributed by atoms with Crippen LogP contribution in [0.5, 0.6) is 0 Å². The van der Waals surface area contributed by atoms with Gasteiger partial charge in [-0.1, -0.05) is 25.1 Å². The van der Waals surface area contributed by atoms with E-state index in [1.807, 2.05) is 6.07 Å². The first-order valence-corrected chi connectivity index (χ1v) is 11.6. The second kappa shape index (κ2) is 8.37. The molecule has 0 bridgehead atoms. The number of hydrogen-bond donors (Lipinski definition) is 1. The zero-order valence-corrected chi connectivity index (χ0v) is 18.5. The third-order valence-electron chi connectivity index (χ3n) is 7.35. The van der Waals surface area contributed by atoms with Gasteiger partial charge in [0.15, 0.2) is 0 Å². The third-order valence-corrected chi connectivity index (χ3v) is 7.35. The Hall–Kier alpha value is -2.64. The normalized spacial score (nSPS) is 24.1. The van der Waals surface area contributed by atoms with E-state index in [1.165, 1.54) is 16.6 Å². The van der Waals surface area contributed by atoms with E-state index in [0.717, 1.165) is 44.3 Å². The summed E-state index contributed by atoms with van der Waals surface area (Å²) in [5.74, 6) is -0.890. The molecule has 2 atom stereocenters. The van der Waals surface area contributed by atoms with Gasteiger partial charge in [-0.2, -0.15) is 0 Å². The first-order valence-electron chi connectivity index (χ1n) is 11.6. The maximum absolute atomic E-state index is 13.3. The maximum Gasteiger partial charge on any atom is 0.355 e. The van der Waals surface area contributed by atoms with Crippen LogP contribution in [0.2, 0.25) is 0 Å². The summed E-state index contributed by atoms with van der Waals surface area (Å²) >= 11 is 0. The maximum atomic E-state index is 13.3. The Bertz CT molecular complexity index is 1090. The van der Waals surface area contributed by atoms with E-state index in [2.05, 4.69) is 40.7 Å². The molecule has 5 rings (SSSR count). The van der Waals surface area contributed by atoms with E-state index in [-0.39, 0.29) is 37.7 Å². The minimum Gasteiger partial charge on any atom is -0.463 e. The molecule has 170 valence electrons. The molecule has 2 aromatic rings. The van der Waals surface area contributed by atoms with Gasteiger partial charge in [-0.25, -0.2) is 4.79 Å². The molecule has 0 amide bonds. The molecule has 3 aliphatic rings. The number of hydrogen-bond acceptors (Lipinski definition) is 6. The number of carbonyl (C=O) groups excluding carboxylic acids is 2. The number of nitrogens with zero attached hydrogens (tertiary/aromatic N) is 2. The fourth-order valence-electron chi connectivity index (χ4n) is 5.96. The van der Waals surface area contributed by atoms with Crippen LogP contribution in [-0.4, -0.2) is 59.4 Å². The Morgan fingerprint density at radius 2 is 2.03 bits per heavy atom. The largest absolute Gasteiger partial charge is 0.463 e. The molecule has 3 aliphatic heterocycles. The lowest BCUT2D eigenvalue weighted by atomic mass is 9.66. The predicted molar refractivity (Wildman–Crippen MR) is 120 cm³/mol. The molecule has 1 fully saturated rings. The van der Waals surface area contributed by atoms with Crippen LogP contribution in [0.25, 0.3) is 16.6 Å². The molecule has 4 heterocycles. The Morgan fingerprint density at radius 1 is 1.19 bits per heavy atom. The number of aliphatic hydroxyl groups excluding tert-OH is 1. The average molecular weight is 439 g/mol. The average Bonchev–Trinajstić information content (AvgIpc) is 3.16. The van der Waals surface area contributed by atoms with Crippen molar-refractivity contribution in [3.05, 3.63) is 41.6 Å². The molecule has 1 saturated heterocycles. The first-order chi connectivity index (χ1) is 15.6. The summed E-state index contributed by atoms with van der Waals surface area (Å²) in [6, 6.07) is 8.58. The highest BCUT2D eigenvalue weighted by Gasteiger charge is 2.51. The summed E-state index contributed by atoms with van der Waals surface area (Å²) < 4.78 is 12.5. The highest BCUT2D eigenvalue weighted by molar-refractivity contribution is 6.13. The molecule has 1 aromatic carbocycles. The van der Waals surface area contributed by atoms with E-state index < -0.39 is 11.9 Å². The molecular formula is C25H30N2O5. The number of carbonyl (C=O) groups is 2. The van der Waals surface area contributed by atoms with Crippen LogP contribution in [-0.2, 0) is 25.5 Å². The number of esters is 2. The lowest BCUT2D eigenvalue weighted by molar-refractivity contribution is -0.147. The minimum absolute atomic E-state index is 0.0289. The van der Waals surface area contributed by atoms with Gasteiger partial charge in [0.1, 0.15) is 18.9 Å². The second-order valence-electron chi connectivity index (χ2n) is 8.95. The molecule has 0 radical (unpaired) electrons. The van der Waals surface area contributed by atoms with Crippen LogP contribution >= 0.6 is 0 Å². The standard InChI is InChI=1S/C25H30N2O5/c1-2-25-10-5-11-26-12-8-18-17-6-3-4-7-19(17)27(22(18)23(25)26)20(16-25)24(30)32-14-9-21(29)31-15-13-28/h3-4,6-7,16,23,28H,2,5,8-15H2,1H3/t23-,25+/m1/s1. The molecule has 0 unspecified atom stereocenters. The summed E-state index contributed by atoms with van der Waals surface area (Å²) in [4.78, 5) is 27.6. The quantitative estimate of drug-likeness (QED) is 0.670. The molecule has 0 spiro atoms. The second-order valence-corrected chi connectivity index (χ2v) is 8.95. The van der Waals surface area contributed by atoms with E-state index >= 15 is 0 Å². The molecule has 1 aromatic heterocycles. The number of fused-ring (bicyclic) bond motifs is 3. The number of benzene rings is 1. The summed E-state index contributed by atoms with van der Waals surface area (Å²) in [5.41, 5.74) is 4.11. The monoisotopic (exact) mass is 438 g/mol. The van der Waals surface area contributed by atoms with Crippen molar-refractivity contribution in [1.82, 2.24) is 9.47 Å². The zero-order chi connectivity index (χ0) is 22.3. The van der Waals surface area contributed by atoms with Crippen LogP contribution in [0.1, 0.15) is 49.9 Å². The number of rotatable bonds is 7. The van der Waals surface area contributed by atoms with Gasteiger partial charge in [-0.15, -0.1) is 0 Å². The SMILES string of the molecule is CC[C@@]12C=C(C(=O)OCCC(=O)OCCO)n3c4c(c5ccccc53)CCN(CCC1)[C@H]42. The van der Waals surface area contributed by atoms with Crippen molar-refractivity contribution in [2.45, 2.75) is 45.1 Å². The van der Waals surface area contributed by atoms with Crippen molar-refractivity contribution in [1.29, 1.82) is 0 Å².